The van der Waals surface area contributed by atoms with Crippen molar-refractivity contribution < 1.29 is 31.8 Å². The molecule has 2 atom stereocenters. The van der Waals surface area contributed by atoms with Gasteiger partial charge in [0.15, 0.2) is 23.0 Å². The number of carbonyl (C=O) groups excluding carboxylic acids is 1. The van der Waals surface area contributed by atoms with Crippen LogP contribution in [0.25, 0.3) is 0 Å². The number of hydrogen-bond donors (Lipinski definition) is 2. The second-order valence-electron chi connectivity index (χ2n) is 7.15. The Morgan fingerprint density at radius 2 is 2.12 bits per heavy atom. The lowest BCUT2D eigenvalue weighted by atomic mass is 9.79. The van der Waals surface area contributed by atoms with E-state index in [1.165, 1.54) is 12.1 Å². The zero-order valence-electron chi connectivity index (χ0n) is 16.4. The van der Waals surface area contributed by atoms with Crippen LogP contribution >= 0.6 is 11.8 Å². The number of nitrogens with zero attached hydrogens (tertiary/aromatic N) is 3. The number of ether oxygens (including phenoxy) is 2. The van der Waals surface area contributed by atoms with Gasteiger partial charge in [0.25, 0.3) is 12.3 Å². The van der Waals surface area contributed by atoms with Gasteiger partial charge in [0, 0.05) is 17.0 Å². The van der Waals surface area contributed by atoms with Crippen molar-refractivity contribution in [3.8, 4) is 5.88 Å². The molecule has 1 aromatic carbocycles. The van der Waals surface area contributed by atoms with Crippen LogP contribution in [0.4, 0.5) is 23.2 Å². The summed E-state index contributed by atoms with van der Waals surface area (Å²) in [6.07, 6.45) is -0.612. The number of amidine groups is 1. The molecule has 4 rings (SSSR count). The highest BCUT2D eigenvalue weighted by Gasteiger charge is 2.61. The summed E-state index contributed by atoms with van der Waals surface area (Å²) in [7, 11) is 0. The molecule has 0 radical (unpaired) electrons. The number of rotatable bonds is 6. The molecule has 32 heavy (non-hydrogen) atoms. The van der Waals surface area contributed by atoms with Crippen molar-refractivity contribution in [2.45, 2.75) is 17.6 Å². The Morgan fingerprint density at radius 3 is 2.84 bits per heavy atom. The number of aromatic nitrogens is 2. The molecule has 2 aliphatic heterocycles. The summed E-state index contributed by atoms with van der Waals surface area (Å²) in [6, 6.07) is 3.65. The highest BCUT2D eigenvalue weighted by atomic mass is 32.2. The van der Waals surface area contributed by atoms with Crippen molar-refractivity contribution in [2.75, 3.05) is 30.9 Å². The van der Waals surface area contributed by atoms with E-state index in [2.05, 4.69) is 20.3 Å². The largest absolute Gasteiger partial charge is 0.470 e. The van der Waals surface area contributed by atoms with Crippen LogP contribution < -0.4 is 15.8 Å². The first-order chi connectivity index (χ1) is 15.2. The first-order valence-electron chi connectivity index (χ1n) is 9.32. The van der Waals surface area contributed by atoms with Gasteiger partial charge in [-0.05, 0) is 18.2 Å². The molecule has 170 valence electrons. The minimum absolute atomic E-state index is 0.0477. The van der Waals surface area contributed by atoms with Crippen molar-refractivity contribution in [1.82, 2.24) is 9.97 Å². The van der Waals surface area contributed by atoms with Gasteiger partial charge in [-0.25, -0.2) is 32.5 Å². The lowest BCUT2D eigenvalue weighted by molar-refractivity contribution is 0.0792. The van der Waals surface area contributed by atoms with E-state index < -0.39 is 36.0 Å². The predicted molar refractivity (Wildman–Crippen MR) is 108 cm³/mol. The SMILES string of the molecule is NC1=N[C@@]2(c3cc(NC(=O)c4cnc(OCC(F)F)cn4)ccc3F)COC[C@@]2(F)CS1. The van der Waals surface area contributed by atoms with Crippen molar-refractivity contribution in [1.29, 1.82) is 0 Å². The minimum Gasteiger partial charge on any atom is -0.470 e. The first kappa shape index (κ1) is 22.3. The molecule has 0 aliphatic carbocycles. The molecule has 1 saturated heterocycles. The smallest absolute Gasteiger partial charge is 0.275 e. The number of alkyl halides is 3. The van der Waals surface area contributed by atoms with Gasteiger partial charge in [-0.2, -0.15) is 0 Å². The topological polar surface area (TPSA) is 112 Å². The van der Waals surface area contributed by atoms with Gasteiger partial charge < -0.3 is 20.5 Å². The molecule has 0 spiro atoms. The molecule has 1 aromatic heterocycles. The summed E-state index contributed by atoms with van der Waals surface area (Å²) in [5, 5.41) is 2.63. The van der Waals surface area contributed by atoms with Crippen LogP contribution in [0.2, 0.25) is 0 Å². The third kappa shape index (κ3) is 4.09. The Balaban J connectivity index is 1.57. The average Bonchev–Trinajstić information content (AvgIpc) is 3.11. The fourth-order valence-electron chi connectivity index (χ4n) is 3.46. The van der Waals surface area contributed by atoms with Crippen LogP contribution in [-0.4, -0.2) is 58.7 Å². The highest BCUT2D eigenvalue weighted by Crippen LogP contribution is 2.50. The number of aliphatic imine (C=N–C) groups is 1. The summed E-state index contributed by atoms with van der Waals surface area (Å²) >= 11 is 1.02. The maximum atomic E-state index is 15.6. The molecule has 1 fully saturated rings. The average molecular weight is 471 g/mol. The predicted octanol–water partition coefficient (Wildman–Crippen LogP) is 2.51. The zero-order chi connectivity index (χ0) is 22.9. The molecule has 0 saturated carbocycles. The van der Waals surface area contributed by atoms with E-state index >= 15 is 4.39 Å². The number of thioether (sulfide) groups is 1. The summed E-state index contributed by atoms with van der Waals surface area (Å²) < 4.78 is 64.8. The number of halogens is 4. The van der Waals surface area contributed by atoms with Crippen LogP contribution in [-0.2, 0) is 10.3 Å². The quantitative estimate of drug-likeness (QED) is 0.623. The number of amides is 1. The number of carbonyl (C=O) groups is 1. The van der Waals surface area contributed by atoms with Crippen LogP contribution in [0.3, 0.4) is 0 Å². The van der Waals surface area contributed by atoms with E-state index in [1.54, 1.807) is 0 Å². The molecule has 3 N–H and O–H groups in total. The molecular weight excluding hydrogens is 454 g/mol. The minimum atomic E-state index is -2.68. The van der Waals surface area contributed by atoms with Gasteiger partial charge in [-0.1, -0.05) is 11.8 Å². The van der Waals surface area contributed by atoms with Gasteiger partial charge in [-0.15, -0.1) is 0 Å². The molecular formula is C19H17F4N5O3S. The Morgan fingerprint density at radius 1 is 1.31 bits per heavy atom. The van der Waals surface area contributed by atoms with Crippen molar-refractivity contribution in [3.05, 3.63) is 47.7 Å². The second-order valence-corrected chi connectivity index (χ2v) is 8.14. The lowest BCUT2D eigenvalue weighted by Crippen LogP contribution is -2.52. The van der Waals surface area contributed by atoms with Gasteiger partial charge in [0.1, 0.15) is 11.5 Å². The normalized spacial score (nSPS) is 24.7. The third-order valence-electron chi connectivity index (χ3n) is 5.02. The Bertz CT molecular complexity index is 1060. The third-order valence-corrected chi connectivity index (χ3v) is 6.01. The van der Waals surface area contributed by atoms with E-state index in [0.29, 0.717) is 0 Å². The highest BCUT2D eigenvalue weighted by molar-refractivity contribution is 8.13. The number of anilines is 1. The van der Waals surface area contributed by atoms with E-state index in [-0.39, 0.29) is 47.0 Å². The first-order valence-corrected chi connectivity index (χ1v) is 10.3. The van der Waals surface area contributed by atoms with E-state index in [9.17, 15) is 18.0 Å². The number of nitrogens with two attached hydrogens (primary N) is 1. The van der Waals surface area contributed by atoms with Gasteiger partial charge in [0.05, 0.1) is 25.6 Å². The fourth-order valence-corrected chi connectivity index (χ4v) is 4.38. The maximum Gasteiger partial charge on any atom is 0.275 e. The molecule has 8 nitrogen and oxygen atoms in total. The summed E-state index contributed by atoms with van der Waals surface area (Å²) in [5.74, 6) is -1.65. The molecule has 2 aliphatic rings. The maximum absolute atomic E-state index is 15.6. The van der Waals surface area contributed by atoms with Crippen LogP contribution in [0, 0.1) is 5.82 Å². The fraction of sp³-hybridized carbons (Fsp3) is 0.368. The Kier molecular flexibility index (Phi) is 5.95. The van der Waals surface area contributed by atoms with Crippen molar-refractivity contribution in [3.63, 3.8) is 0 Å². The summed E-state index contributed by atoms with van der Waals surface area (Å²) in [6.45, 7) is -1.32. The molecule has 0 bridgehead atoms. The molecule has 0 unspecified atom stereocenters. The number of nitrogens with one attached hydrogen (secondary N) is 1. The number of fused-ring (bicyclic) bond motifs is 1. The van der Waals surface area contributed by atoms with Crippen molar-refractivity contribution in [2.24, 2.45) is 10.7 Å². The molecule has 1 amide bonds. The monoisotopic (exact) mass is 471 g/mol. The van der Waals surface area contributed by atoms with Crippen LogP contribution in [0.1, 0.15) is 16.1 Å². The zero-order valence-corrected chi connectivity index (χ0v) is 17.2. The molecule has 2 aromatic rings. The van der Waals surface area contributed by atoms with Gasteiger partial charge >= 0.3 is 0 Å². The van der Waals surface area contributed by atoms with Gasteiger partial charge in [-0.3, -0.25) is 4.79 Å². The second kappa shape index (κ2) is 8.54. The van der Waals surface area contributed by atoms with Gasteiger partial charge in [0.2, 0.25) is 5.88 Å². The number of hydrogen-bond acceptors (Lipinski definition) is 8. The Hall–Kier alpha value is -2.93. The standard InChI is InChI=1S/C19H17F4N5O3S/c20-12-2-1-10(27-16(29)13-4-26-15(5-25-13)31-6-14(21)22)3-11(12)19-8-30-7-18(19,23)9-32-17(24)28-19/h1-5,14H,6-9H2,(H2,24,28)(H,27,29)/t18-,19-/m1/s1. The van der Waals surface area contributed by atoms with E-state index in [0.717, 1.165) is 30.2 Å². The van der Waals surface area contributed by atoms with Crippen LogP contribution in [0.15, 0.2) is 35.6 Å². The lowest BCUT2D eigenvalue weighted by Gasteiger charge is -2.38. The summed E-state index contributed by atoms with van der Waals surface area (Å²) in [5.41, 5.74) is 2.08. The number of benzene rings is 1. The van der Waals surface area contributed by atoms with Crippen molar-refractivity contribution >= 4 is 28.5 Å². The van der Waals surface area contributed by atoms with E-state index in [1.807, 2.05) is 0 Å². The Labute approximate surface area is 183 Å². The summed E-state index contributed by atoms with van der Waals surface area (Å²) in [4.78, 5) is 24.3. The molecule has 3 heterocycles. The van der Waals surface area contributed by atoms with Crippen LogP contribution in [0.5, 0.6) is 5.88 Å². The van der Waals surface area contributed by atoms with E-state index in [4.69, 9.17) is 15.2 Å². The molecule has 13 heteroatoms.